The number of nitrogens with one attached hydrogen (secondary N) is 3. The van der Waals surface area contributed by atoms with Gasteiger partial charge in [0.1, 0.15) is 23.3 Å². The quantitative estimate of drug-likeness (QED) is 0.643. The molecule has 0 saturated heterocycles. The summed E-state index contributed by atoms with van der Waals surface area (Å²) < 4.78 is 0. The summed E-state index contributed by atoms with van der Waals surface area (Å²) in [6, 6.07) is 5.90. The van der Waals surface area contributed by atoms with Crippen molar-refractivity contribution < 1.29 is 0 Å². The average Bonchev–Trinajstić information content (AvgIpc) is 2.80. The van der Waals surface area contributed by atoms with Crippen LogP contribution >= 0.6 is 0 Å². The van der Waals surface area contributed by atoms with Crippen LogP contribution in [0.3, 0.4) is 0 Å². The van der Waals surface area contributed by atoms with Crippen molar-refractivity contribution in [2.45, 2.75) is 19.9 Å². The predicted molar refractivity (Wildman–Crippen MR) is 73.0 cm³/mol. The van der Waals surface area contributed by atoms with Crippen molar-refractivity contribution in [1.29, 1.82) is 0 Å². The van der Waals surface area contributed by atoms with Gasteiger partial charge in [0.25, 0.3) is 0 Å². The highest BCUT2D eigenvalue weighted by atomic mass is 15.1. The van der Waals surface area contributed by atoms with Crippen molar-refractivity contribution in [3.63, 3.8) is 0 Å². The van der Waals surface area contributed by atoms with Crippen LogP contribution in [0.5, 0.6) is 0 Å². The SMILES string of the molecule is Cc1nc(Nc2ccc[nH]2)cc(NC(C)CN)n1. The van der Waals surface area contributed by atoms with Gasteiger partial charge in [-0.05, 0) is 26.0 Å². The second-order valence-electron chi connectivity index (χ2n) is 4.18. The van der Waals surface area contributed by atoms with Crippen molar-refractivity contribution in [2.24, 2.45) is 5.73 Å². The Kier molecular flexibility index (Phi) is 3.78. The Balaban J connectivity index is 2.15. The largest absolute Gasteiger partial charge is 0.366 e. The minimum absolute atomic E-state index is 0.178. The van der Waals surface area contributed by atoms with Crippen LogP contribution in [-0.2, 0) is 0 Å². The summed E-state index contributed by atoms with van der Waals surface area (Å²) in [7, 11) is 0. The number of nitrogens with zero attached hydrogens (tertiary/aromatic N) is 2. The van der Waals surface area contributed by atoms with Gasteiger partial charge in [-0.25, -0.2) is 9.97 Å². The first-order valence-electron chi connectivity index (χ1n) is 5.90. The van der Waals surface area contributed by atoms with E-state index in [1.54, 1.807) is 0 Å². The van der Waals surface area contributed by atoms with Crippen LogP contribution in [0, 0.1) is 6.92 Å². The van der Waals surface area contributed by atoms with E-state index in [1.807, 2.05) is 38.2 Å². The maximum atomic E-state index is 5.58. The van der Waals surface area contributed by atoms with Gasteiger partial charge < -0.3 is 21.4 Å². The van der Waals surface area contributed by atoms with Crippen molar-refractivity contribution in [3.05, 3.63) is 30.2 Å². The molecule has 18 heavy (non-hydrogen) atoms. The molecule has 0 aliphatic carbocycles. The molecule has 2 heterocycles. The number of aromatic amines is 1. The van der Waals surface area contributed by atoms with Gasteiger partial charge in [0.05, 0.1) is 0 Å². The van der Waals surface area contributed by atoms with Crippen LogP contribution in [0.2, 0.25) is 0 Å². The molecule has 0 amide bonds. The highest BCUT2D eigenvalue weighted by Crippen LogP contribution is 2.16. The number of anilines is 3. The van der Waals surface area contributed by atoms with Gasteiger partial charge >= 0.3 is 0 Å². The maximum absolute atomic E-state index is 5.58. The predicted octanol–water partition coefficient (Wildman–Crippen LogP) is 1.62. The maximum Gasteiger partial charge on any atom is 0.137 e. The number of hydrogen-bond donors (Lipinski definition) is 4. The molecule has 96 valence electrons. The fourth-order valence-corrected chi connectivity index (χ4v) is 1.56. The van der Waals surface area contributed by atoms with Gasteiger partial charge in [0.2, 0.25) is 0 Å². The van der Waals surface area contributed by atoms with E-state index in [-0.39, 0.29) is 6.04 Å². The summed E-state index contributed by atoms with van der Waals surface area (Å²) >= 11 is 0. The Morgan fingerprint density at radius 3 is 2.83 bits per heavy atom. The summed E-state index contributed by atoms with van der Waals surface area (Å²) in [4.78, 5) is 11.7. The third-order valence-corrected chi connectivity index (χ3v) is 2.45. The van der Waals surface area contributed by atoms with Gasteiger partial charge in [-0.2, -0.15) is 0 Å². The third kappa shape index (κ3) is 3.21. The van der Waals surface area contributed by atoms with Gasteiger partial charge in [0, 0.05) is 24.8 Å². The highest BCUT2D eigenvalue weighted by molar-refractivity contribution is 5.56. The number of H-pyrrole nitrogens is 1. The van der Waals surface area contributed by atoms with E-state index in [0.717, 1.165) is 17.5 Å². The number of nitrogens with two attached hydrogens (primary N) is 1. The summed E-state index contributed by atoms with van der Waals surface area (Å²) in [5.41, 5.74) is 5.58. The summed E-state index contributed by atoms with van der Waals surface area (Å²) in [6.45, 7) is 4.43. The lowest BCUT2D eigenvalue weighted by molar-refractivity contribution is 0.795. The van der Waals surface area contributed by atoms with E-state index in [4.69, 9.17) is 5.73 Å². The van der Waals surface area contributed by atoms with Crippen LogP contribution in [-0.4, -0.2) is 27.5 Å². The van der Waals surface area contributed by atoms with E-state index in [0.29, 0.717) is 12.4 Å². The molecule has 2 aromatic heterocycles. The zero-order valence-corrected chi connectivity index (χ0v) is 10.6. The minimum atomic E-state index is 0.178. The second kappa shape index (κ2) is 5.50. The first-order valence-corrected chi connectivity index (χ1v) is 5.90. The summed E-state index contributed by atoms with van der Waals surface area (Å²) in [5, 5.41) is 6.40. The van der Waals surface area contributed by atoms with Crippen LogP contribution in [0.1, 0.15) is 12.7 Å². The fraction of sp³-hybridized carbons (Fsp3) is 0.333. The summed E-state index contributed by atoms with van der Waals surface area (Å²) in [5.74, 6) is 3.12. The van der Waals surface area contributed by atoms with Gasteiger partial charge in [-0.1, -0.05) is 0 Å². The average molecular weight is 246 g/mol. The molecule has 1 atom stereocenters. The third-order valence-electron chi connectivity index (χ3n) is 2.45. The van der Waals surface area contributed by atoms with E-state index < -0.39 is 0 Å². The lowest BCUT2D eigenvalue weighted by Gasteiger charge is -2.13. The van der Waals surface area contributed by atoms with Crippen LogP contribution in [0.25, 0.3) is 0 Å². The van der Waals surface area contributed by atoms with Crippen molar-refractivity contribution in [2.75, 3.05) is 17.2 Å². The number of hydrogen-bond acceptors (Lipinski definition) is 5. The Labute approximate surface area is 106 Å². The van der Waals surface area contributed by atoms with E-state index in [2.05, 4.69) is 25.6 Å². The van der Waals surface area contributed by atoms with Gasteiger partial charge in [-0.3, -0.25) is 0 Å². The normalized spacial score (nSPS) is 12.2. The Morgan fingerprint density at radius 1 is 1.39 bits per heavy atom. The van der Waals surface area contributed by atoms with E-state index >= 15 is 0 Å². The molecule has 5 N–H and O–H groups in total. The smallest absolute Gasteiger partial charge is 0.137 e. The zero-order valence-electron chi connectivity index (χ0n) is 10.6. The van der Waals surface area contributed by atoms with Crippen molar-refractivity contribution in [1.82, 2.24) is 15.0 Å². The number of rotatable bonds is 5. The monoisotopic (exact) mass is 246 g/mol. The minimum Gasteiger partial charge on any atom is -0.366 e. The molecule has 2 rings (SSSR count). The number of aryl methyl sites for hydroxylation is 1. The Bertz CT molecular complexity index is 493. The molecule has 0 fully saturated rings. The standard InChI is InChI=1S/C12H18N6/c1-8(7-13)15-11-6-12(17-9(2)16-11)18-10-4-3-5-14-10/h3-6,8,14H,7,13H2,1-2H3,(H2,15,16,17,18). The molecule has 0 aromatic carbocycles. The Hall–Kier alpha value is -2.08. The first kappa shape index (κ1) is 12.4. The first-order chi connectivity index (χ1) is 8.67. The molecule has 0 aliphatic rings. The van der Waals surface area contributed by atoms with E-state index in [1.165, 1.54) is 0 Å². The lowest BCUT2D eigenvalue weighted by Crippen LogP contribution is -2.25. The molecule has 0 aliphatic heterocycles. The fourth-order valence-electron chi connectivity index (χ4n) is 1.56. The van der Waals surface area contributed by atoms with Crippen molar-refractivity contribution in [3.8, 4) is 0 Å². The van der Waals surface area contributed by atoms with E-state index in [9.17, 15) is 0 Å². The molecule has 6 heteroatoms. The number of aromatic nitrogens is 3. The molecule has 0 radical (unpaired) electrons. The molecule has 0 spiro atoms. The lowest BCUT2D eigenvalue weighted by atomic mass is 10.3. The Morgan fingerprint density at radius 2 is 2.17 bits per heavy atom. The second-order valence-corrected chi connectivity index (χ2v) is 4.18. The highest BCUT2D eigenvalue weighted by Gasteiger charge is 2.05. The molecule has 6 nitrogen and oxygen atoms in total. The summed E-state index contributed by atoms with van der Waals surface area (Å²) in [6.07, 6.45) is 1.85. The molecule has 0 bridgehead atoms. The molecule has 0 saturated carbocycles. The topological polar surface area (TPSA) is 91.7 Å². The zero-order chi connectivity index (χ0) is 13.0. The van der Waals surface area contributed by atoms with Gasteiger partial charge in [-0.15, -0.1) is 0 Å². The van der Waals surface area contributed by atoms with Crippen LogP contribution in [0.15, 0.2) is 24.4 Å². The van der Waals surface area contributed by atoms with Gasteiger partial charge in [0.15, 0.2) is 0 Å². The molecular formula is C12H18N6. The van der Waals surface area contributed by atoms with Crippen LogP contribution < -0.4 is 16.4 Å². The van der Waals surface area contributed by atoms with Crippen LogP contribution in [0.4, 0.5) is 17.5 Å². The van der Waals surface area contributed by atoms with Crippen molar-refractivity contribution >= 4 is 17.5 Å². The molecule has 2 aromatic rings. The molecular weight excluding hydrogens is 228 g/mol. The molecule has 1 unspecified atom stereocenters.